The van der Waals surface area contributed by atoms with Crippen molar-refractivity contribution in [1.82, 2.24) is 10.2 Å². The zero-order valence-corrected chi connectivity index (χ0v) is 20.6. The molecule has 2 amide bonds. The number of benzene rings is 2. The maximum atomic E-state index is 13.2. The second-order valence-corrected chi connectivity index (χ2v) is 10.6. The standard InChI is InChI=1S/C28H34N2O5/c1-28(2,3)18-14-15-30(16-18)26(33)24(12-13-25(31)32)29-27(34)35-17-23-21-10-6-4-8-19(21)20-9-5-7-11-22(20)23/h4-11,18,23-24H,12-17H2,1-3H3,(H,29,34)(H,31,32). The van der Waals surface area contributed by atoms with Gasteiger partial charge in [0.15, 0.2) is 0 Å². The van der Waals surface area contributed by atoms with Gasteiger partial charge in [-0.3, -0.25) is 9.59 Å². The zero-order valence-electron chi connectivity index (χ0n) is 20.6. The number of carbonyl (C=O) groups is 3. The van der Waals surface area contributed by atoms with E-state index in [-0.39, 0.29) is 36.7 Å². The van der Waals surface area contributed by atoms with Gasteiger partial charge in [-0.05, 0) is 46.4 Å². The third-order valence-electron chi connectivity index (χ3n) is 7.31. The summed E-state index contributed by atoms with van der Waals surface area (Å²) in [6.07, 6.45) is -0.000488. The van der Waals surface area contributed by atoms with Crippen molar-refractivity contribution in [1.29, 1.82) is 0 Å². The van der Waals surface area contributed by atoms with E-state index in [0.717, 1.165) is 28.7 Å². The number of hydrogen-bond donors (Lipinski definition) is 2. The van der Waals surface area contributed by atoms with Crippen LogP contribution in [0.2, 0.25) is 0 Å². The first-order valence-corrected chi connectivity index (χ1v) is 12.3. The van der Waals surface area contributed by atoms with Gasteiger partial charge in [0.25, 0.3) is 0 Å². The summed E-state index contributed by atoms with van der Waals surface area (Å²) in [7, 11) is 0. The third kappa shape index (κ3) is 5.50. The van der Waals surface area contributed by atoms with E-state index in [2.05, 4.69) is 38.2 Å². The number of likely N-dealkylation sites (tertiary alicyclic amines) is 1. The van der Waals surface area contributed by atoms with Gasteiger partial charge in [0.05, 0.1) is 0 Å². The van der Waals surface area contributed by atoms with Crippen molar-refractivity contribution in [2.24, 2.45) is 11.3 Å². The van der Waals surface area contributed by atoms with E-state index in [1.165, 1.54) is 0 Å². The molecule has 1 heterocycles. The lowest BCUT2D eigenvalue weighted by molar-refractivity contribution is -0.137. The van der Waals surface area contributed by atoms with E-state index in [0.29, 0.717) is 19.0 Å². The van der Waals surface area contributed by atoms with E-state index < -0.39 is 18.1 Å². The molecule has 1 fully saturated rings. The van der Waals surface area contributed by atoms with Crippen LogP contribution in [0.5, 0.6) is 0 Å². The van der Waals surface area contributed by atoms with E-state index in [4.69, 9.17) is 9.84 Å². The van der Waals surface area contributed by atoms with Crippen LogP contribution in [0, 0.1) is 11.3 Å². The summed E-state index contributed by atoms with van der Waals surface area (Å²) in [4.78, 5) is 38.9. The summed E-state index contributed by atoms with van der Waals surface area (Å²) in [5.74, 6) is -0.980. The summed E-state index contributed by atoms with van der Waals surface area (Å²) in [5.41, 5.74) is 4.55. The summed E-state index contributed by atoms with van der Waals surface area (Å²) >= 11 is 0. The molecule has 7 heteroatoms. The Morgan fingerprint density at radius 2 is 1.66 bits per heavy atom. The van der Waals surface area contributed by atoms with Gasteiger partial charge in [-0.15, -0.1) is 0 Å². The Bertz CT molecular complexity index is 1060. The molecule has 0 radical (unpaired) electrons. The SMILES string of the molecule is CC(C)(C)C1CCN(C(=O)C(CCC(=O)O)NC(=O)OCC2c3ccccc3-c3ccccc32)C1. The van der Waals surface area contributed by atoms with Gasteiger partial charge in [-0.1, -0.05) is 69.3 Å². The predicted molar refractivity (Wildman–Crippen MR) is 133 cm³/mol. The van der Waals surface area contributed by atoms with Gasteiger partial charge in [-0.2, -0.15) is 0 Å². The first kappa shape index (κ1) is 24.8. The van der Waals surface area contributed by atoms with Crippen molar-refractivity contribution in [2.75, 3.05) is 19.7 Å². The Balaban J connectivity index is 1.41. The number of aliphatic carboxylic acids is 1. The molecule has 2 atom stereocenters. The van der Waals surface area contributed by atoms with Crippen LogP contribution >= 0.6 is 0 Å². The Kier molecular flexibility index (Phi) is 7.15. The van der Waals surface area contributed by atoms with Crippen molar-refractivity contribution in [3.05, 3.63) is 59.7 Å². The van der Waals surface area contributed by atoms with E-state index in [9.17, 15) is 14.4 Å². The van der Waals surface area contributed by atoms with Crippen molar-refractivity contribution in [3.8, 4) is 11.1 Å². The van der Waals surface area contributed by atoms with E-state index >= 15 is 0 Å². The minimum atomic E-state index is -1.01. The molecule has 35 heavy (non-hydrogen) atoms. The molecule has 1 aliphatic carbocycles. The summed E-state index contributed by atoms with van der Waals surface area (Å²) < 4.78 is 5.60. The van der Waals surface area contributed by atoms with Crippen LogP contribution in [-0.2, 0) is 14.3 Å². The van der Waals surface area contributed by atoms with Crippen LogP contribution < -0.4 is 5.32 Å². The number of alkyl carbamates (subject to hydrolysis) is 1. The topological polar surface area (TPSA) is 95.9 Å². The molecule has 2 aromatic rings. The molecule has 2 N–H and O–H groups in total. The molecule has 7 nitrogen and oxygen atoms in total. The molecule has 2 unspecified atom stereocenters. The predicted octanol–water partition coefficient (Wildman–Crippen LogP) is 4.65. The number of carboxylic acids is 1. The van der Waals surface area contributed by atoms with Crippen molar-refractivity contribution in [3.63, 3.8) is 0 Å². The second-order valence-electron chi connectivity index (χ2n) is 10.6. The van der Waals surface area contributed by atoms with Crippen LogP contribution in [0.3, 0.4) is 0 Å². The summed E-state index contributed by atoms with van der Waals surface area (Å²) in [5, 5.41) is 11.8. The maximum Gasteiger partial charge on any atom is 0.407 e. The molecule has 4 rings (SSSR count). The number of rotatable bonds is 7. The highest BCUT2D eigenvalue weighted by Crippen LogP contribution is 2.44. The number of carbonyl (C=O) groups excluding carboxylic acids is 2. The number of fused-ring (bicyclic) bond motifs is 3. The quantitative estimate of drug-likeness (QED) is 0.604. The Morgan fingerprint density at radius 1 is 1.06 bits per heavy atom. The number of ether oxygens (including phenoxy) is 1. The van der Waals surface area contributed by atoms with Gasteiger partial charge >= 0.3 is 12.1 Å². The van der Waals surface area contributed by atoms with Gasteiger partial charge < -0.3 is 20.1 Å². The fourth-order valence-electron chi connectivity index (χ4n) is 5.20. The zero-order chi connectivity index (χ0) is 25.2. The Morgan fingerprint density at radius 3 is 2.20 bits per heavy atom. The van der Waals surface area contributed by atoms with E-state index in [1.54, 1.807) is 4.90 Å². The van der Waals surface area contributed by atoms with Crippen LogP contribution in [0.4, 0.5) is 4.79 Å². The molecule has 2 aromatic carbocycles. The highest BCUT2D eigenvalue weighted by Gasteiger charge is 2.37. The van der Waals surface area contributed by atoms with Gasteiger partial charge in [0.2, 0.25) is 5.91 Å². The lowest BCUT2D eigenvalue weighted by Gasteiger charge is -2.28. The average molecular weight is 479 g/mol. The minimum absolute atomic E-state index is 0.0229. The smallest absolute Gasteiger partial charge is 0.407 e. The highest BCUT2D eigenvalue weighted by atomic mass is 16.5. The molecular weight excluding hydrogens is 444 g/mol. The number of nitrogens with one attached hydrogen (secondary N) is 1. The van der Waals surface area contributed by atoms with Crippen molar-refractivity contribution in [2.45, 2.75) is 52.0 Å². The number of carboxylic acid groups (broad SMARTS) is 1. The molecule has 1 saturated heterocycles. The van der Waals surface area contributed by atoms with Gasteiger partial charge in [0, 0.05) is 25.4 Å². The lowest BCUT2D eigenvalue weighted by atomic mass is 9.80. The highest BCUT2D eigenvalue weighted by molar-refractivity contribution is 5.86. The largest absolute Gasteiger partial charge is 0.481 e. The molecule has 0 bridgehead atoms. The minimum Gasteiger partial charge on any atom is -0.481 e. The van der Waals surface area contributed by atoms with Gasteiger partial charge in [-0.25, -0.2) is 4.79 Å². The van der Waals surface area contributed by atoms with Crippen LogP contribution in [0.15, 0.2) is 48.5 Å². The molecule has 1 aliphatic heterocycles. The number of nitrogens with zero attached hydrogens (tertiary/aromatic N) is 1. The summed E-state index contributed by atoms with van der Waals surface area (Å²) in [6, 6.07) is 15.2. The first-order chi connectivity index (χ1) is 16.6. The molecule has 2 aliphatic rings. The normalized spacial score (nSPS) is 18.0. The molecular formula is C28H34N2O5. The number of amides is 2. The van der Waals surface area contributed by atoms with Crippen molar-refractivity contribution < 1.29 is 24.2 Å². The maximum absolute atomic E-state index is 13.2. The van der Waals surface area contributed by atoms with Gasteiger partial charge in [0.1, 0.15) is 12.6 Å². The monoisotopic (exact) mass is 478 g/mol. The fourth-order valence-corrected chi connectivity index (χ4v) is 5.20. The number of hydrogen-bond acceptors (Lipinski definition) is 4. The van der Waals surface area contributed by atoms with Crippen LogP contribution in [0.1, 0.15) is 57.1 Å². The van der Waals surface area contributed by atoms with Crippen LogP contribution in [0.25, 0.3) is 11.1 Å². The van der Waals surface area contributed by atoms with E-state index in [1.807, 2.05) is 36.4 Å². The second kappa shape index (κ2) is 10.1. The molecule has 186 valence electrons. The summed E-state index contributed by atoms with van der Waals surface area (Å²) in [6.45, 7) is 7.82. The molecule has 0 spiro atoms. The Hall–Kier alpha value is -3.35. The van der Waals surface area contributed by atoms with Crippen molar-refractivity contribution >= 4 is 18.0 Å². The average Bonchev–Trinajstić information content (AvgIpc) is 3.44. The molecule has 0 saturated carbocycles. The van der Waals surface area contributed by atoms with Crippen LogP contribution in [-0.4, -0.2) is 53.7 Å². The first-order valence-electron chi connectivity index (χ1n) is 12.3. The lowest BCUT2D eigenvalue weighted by Crippen LogP contribution is -2.48. The third-order valence-corrected chi connectivity index (χ3v) is 7.31. The Labute approximate surface area is 206 Å². The molecule has 0 aromatic heterocycles. The fraction of sp³-hybridized carbons (Fsp3) is 0.464.